The summed E-state index contributed by atoms with van der Waals surface area (Å²) in [4.78, 5) is 0. The van der Waals surface area contributed by atoms with Crippen LogP contribution in [0.25, 0.3) is 0 Å². The minimum atomic E-state index is 1.03. The van der Waals surface area contributed by atoms with Gasteiger partial charge in [0.15, 0.2) is 0 Å². The van der Waals surface area contributed by atoms with Crippen LogP contribution in [0.4, 0.5) is 0 Å². The molecule has 3 rings (SSSR count). The van der Waals surface area contributed by atoms with Crippen LogP contribution in [-0.4, -0.2) is 13.1 Å². The Hall–Kier alpha value is -0.0400. The van der Waals surface area contributed by atoms with Crippen molar-refractivity contribution in [3.05, 3.63) is 0 Å². The third-order valence-electron chi connectivity index (χ3n) is 7.88. The Kier molecular flexibility index (Phi) is 16.3. The topological polar surface area (TPSA) is 12.0 Å². The molecule has 3 fully saturated rings. The summed E-state index contributed by atoms with van der Waals surface area (Å²) in [5.41, 5.74) is 0. The lowest BCUT2D eigenvalue weighted by Crippen LogP contribution is -2.17. The molecular weight excluding hydrogens is 350 g/mol. The first-order valence-corrected chi connectivity index (χ1v) is 14.2. The fraction of sp³-hybridized carbons (Fsp3) is 1.00. The van der Waals surface area contributed by atoms with Gasteiger partial charge in [-0.05, 0) is 37.8 Å². The van der Waals surface area contributed by atoms with Crippen molar-refractivity contribution < 1.29 is 0 Å². The summed E-state index contributed by atoms with van der Waals surface area (Å²) in [7, 11) is 0. The van der Waals surface area contributed by atoms with Crippen LogP contribution in [0.1, 0.15) is 154 Å². The third kappa shape index (κ3) is 14.6. The molecule has 1 N–H and O–H groups in total. The molecule has 1 aliphatic carbocycles. The summed E-state index contributed by atoms with van der Waals surface area (Å²) >= 11 is 0. The Bertz CT molecular complexity index is 257. The van der Waals surface area contributed by atoms with E-state index in [0.717, 1.165) is 11.8 Å². The summed E-state index contributed by atoms with van der Waals surface area (Å²) in [5, 5.41) is 3.74. The van der Waals surface area contributed by atoms with Gasteiger partial charge in [0.1, 0.15) is 0 Å². The van der Waals surface area contributed by atoms with Crippen molar-refractivity contribution in [2.24, 2.45) is 11.8 Å². The first-order valence-electron chi connectivity index (χ1n) is 14.2. The normalized spacial score (nSPS) is 29.8. The van der Waals surface area contributed by atoms with Gasteiger partial charge in [-0.3, -0.25) is 0 Å². The van der Waals surface area contributed by atoms with Crippen molar-refractivity contribution in [1.82, 2.24) is 5.32 Å². The van der Waals surface area contributed by atoms with Crippen LogP contribution < -0.4 is 5.32 Å². The van der Waals surface area contributed by atoms with Gasteiger partial charge in [0.05, 0.1) is 0 Å². The molecule has 1 heteroatoms. The number of rotatable bonds is 0. The average molecular weight is 406 g/mol. The molecule has 172 valence electrons. The Morgan fingerprint density at radius 1 is 0.276 bits per heavy atom. The summed E-state index contributed by atoms with van der Waals surface area (Å²) in [5.74, 6) is 2.06. The van der Waals surface area contributed by atoms with Crippen LogP contribution >= 0.6 is 0 Å². The lowest BCUT2D eigenvalue weighted by molar-refractivity contribution is 0.353. The monoisotopic (exact) mass is 405 g/mol. The van der Waals surface area contributed by atoms with Gasteiger partial charge >= 0.3 is 0 Å². The van der Waals surface area contributed by atoms with Gasteiger partial charge in [-0.2, -0.15) is 0 Å². The van der Waals surface area contributed by atoms with Crippen LogP contribution in [-0.2, 0) is 0 Å². The second kappa shape index (κ2) is 18.7. The average Bonchev–Trinajstić information content (AvgIpc) is 2.72. The van der Waals surface area contributed by atoms with Crippen molar-refractivity contribution >= 4 is 0 Å². The van der Waals surface area contributed by atoms with E-state index in [-0.39, 0.29) is 0 Å². The van der Waals surface area contributed by atoms with E-state index < -0.39 is 0 Å². The standard InChI is InChI=1S/C28H55N/c1-3-7-11-19-27-21-13-9-5-2-6-10-14-22-28(20-12-8-4-1)24-16-18-26-29-25-17-15-23-27/h27-29H,1-26H2. The highest BCUT2D eigenvalue weighted by atomic mass is 14.8. The van der Waals surface area contributed by atoms with Gasteiger partial charge in [-0.15, -0.1) is 0 Å². The van der Waals surface area contributed by atoms with E-state index in [1.54, 1.807) is 0 Å². The van der Waals surface area contributed by atoms with E-state index in [9.17, 15) is 0 Å². The van der Waals surface area contributed by atoms with Gasteiger partial charge in [0.2, 0.25) is 0 Å². The largest absolute Gasteiger partial charge is 0.317 e. The Balaban J connectivity index is 1.86. The fourth-order valence-electron chi connectivity index (χ4n) is 5.86. The van der Waals surface area contributed by atoms with E-state index >= 15 is 0 Å². The molecule has 2 heterocycles. The predicted molar refractivity (Wildman–Crippen MR) is 131 cm³/mol. The molecule has 0 amide bonds. The molecule has 0 spiro atoms. The Morgan fingerprint density at radius 2 is 0.517 bits per heavy atom. The van der Waals surface area contributed by atoms with E-state index in [0.29, 0.717) is 0 Å². The molecule has 2 bridgehead atoms. The lowest BCUT2D eigenvalue weighted by Gasteiger charge is -2.19. The van der Waals surface area contributed by atoms with E-state index in [1.807, 2.05) is 0 Å². The molecule has 29 heavy (non-hydrogen) atoms. The summed E-state index contributed by atoms with van der Waals surface area (Å²) < 4.78 is 0. The molecule has 3 aliphatic rings. The van der Waals surface area contributed by atoms with Gasteiger partial charge < -0.3 is 5.32 Å². The number of fused-ring (bicyclic) bond motifs is 24. The first kappa shape index (κ1) is 25.2. The van der Waals surface area contributed by atoms with Crippen LogP contribution in [0, 0.1) is 11.8 Å². The van der Waals surface area contributed by atoms with E-state index in [1.165, 1.54) is 167 Å². The molecule has 0 radical (unpaired) electrons. The predicted octanol–water partition coefficient (Wildman–Crippen LogP) is 9.20. The lowest BCUT2D eigenvalue weighted by atomic mass is 9.88. The number of hydrogen-bond donors (Lipinski definition) is 1. The number of hydrogen-bond acceptors (Lipinski definition) is 1. The maximum atomic E-state index is 3.74. The summed E-state index contributed by atoms with van der Waals surface area (Å²) in [6.45, 7) is 2.52. The van der Waals surface area contributed by atoms with Gasteiger partial charge in [0.25, 0.3) is 0 Å². The van der Waals surface area contributed by atoms with Crippen LogP contribution in [0.2, 0.25) is 0 Å². The van der Waals surface area contributed by atoms with E-state index in [4.69, 9.17) is 0 Å². The smallest absolute Gasteiger partial charge is 0.00489 e. The zero-order chi connectivity index (χ0) is 20.2. The maximum Gasteiger partial charge on any atom is -0.00489 e. The molecule has 2 aliphatic heterocycles. The highest BCUT2D eigenvalue weighted by molar-refractivity contribution is 4.65. The molecule has 2 saturated heterocycles. The second-order valence-corrected chi connectivity index (χ2v) is 10.6. The van der Waals surface area contributed by atoms with Crippen molar-refractivity contribution in [3.63, 3.8) is 0 Å². The highest BCUT2D eigenvalue weighted by Crippen LogP contribution is 2.26. The first-order chi connectivity index (χ1) is 14.4. The number of nitrogens with one attached hydrogen (secondary N) is 1. The van der Waals surface area contributed by atoms with Gasteiger partial charge in [0, 0.05) is 0 Å². The third-order valence-corrected chi connectivity index (χ3v) is 7.88. The Morgan fingerprint density at radius 3 is 0.828 bits per heavy atom. The molecule has 0 aromatic rings. The molecule has 1 saturated carbocycles. The fourth-order valence-corrected chi connectivity index (χ4v) is 5.86. The van der Waals surface area contributed by atoms with Gasteiger partial charge in [-0.25, -0.2) is 0 Å². The van der Waals surface area contributed by atoms with Crippen molar-refractivity contribution in [2.75, 3.05) is 13.1 Å². The molecule has 1 nitrogen and oxygen atoms in total. The zero-order valence-corrected chi connectivity index (χ0v) is 20.0. The highest BCUT2D eigenvalue weighted by Gasteiger charge is 2.11. The minimum absolute atomic E-state index is 1.03. The van der Waals surface area contributed by atoms with Crippen molar-refractivity contribution in [2.45, 2.75) is 154 Å². The SMILES string of the molecule is C1CCCCC2CCCCCCCCCC(CCCC1)CCCCNCCCC2. The molecular formula is C28H55N. The maximum absolute atomic E-state index is 3.74. The quantitative estimate of drug-likeness (QED) is 0.423. The second-order valence-electron chi connectivity index (χ2n) is 10.6. The molecule has 0 atom stereocenters. The van der Waals surface area contributed by atoms with Crippen LogP contribution in [0.3, 0.4) is 0 Å². The zero-order valence-electron chi connectivity index (χ0n) is 20.0. The van der Waals surface area contributed by atoms with Crippen molar-refractivity contribution in [3.8, 4) is 0 Å². The summed E-state index contributed by atoms with van der Waals surface area (Å²) in [6.07, 6.45) is 35.8. The molecule has 0 aromatic carbocycles. The summed E-state index contributed by atoms with van der Waals surface area (Å²) in [6, 6.07) is 0. The molecule has 0 aromatic heterocycles. The van der Waals surface area contributed by atoms with Crippen LogP contribution in [0.5, 0.6) is 0 Å². The van der Waals surface area contributed by atoms with E-state index in [2.05, 4.69) is 5.32 Å². The van der Waals surface area contributed by atoms with Crippen LogP contribution in [0.15, 0.2) is 0 Å². The molecule has 0 unspecified atom stereocenters. The Labute approximate surface area is 184 Å². The van der Waals surface area contributed by atoms with Crippen molar-refractivity contribution in [1.29, 1.82) is 0 Å². The van der Waals surface area contributed by atoms with Gasteiger partial charge in [-0.1, -0.05) is 141 Å². The minimum Gasteiger partial charge on any atom is -0.317 e.